The molecule has 2 aromatic carbocycles. The average Bonchev–Trinajstić information content (AvgIpc) is 2.75. The first-order valence-corrected chi connectivity index (χ1v) is 9.94. The Morgan fingerprint density at radius 1 is 1.09 bits per heavy atom. The SMILES string of the molecule is Cc1cc(C2(c3cccc(-c4cncc(Cl)c4)c3)COCC(N)=N2)ccc1OC(F)F.Cl. The lowest BCUT2D eigenvalue weighted by Crippen LogP contribution is -2.40. The highest BCUT2D eigenvalue weighted by Crippen LogP contribution is 2.39. The molecule has 5 nitrogen and oxygen atoms in total. The van der Waals surface area contributed by atoms with Gasteiger partial charge in [-0.1, -0.05) is 35.9 Å². The summed E-state index contributed by atoms with van der Waals surface area (Å²) in [6, 6.07) is 14.6. The highest BCUT2D eigenvalue weighted by Gasteiger charge is 2.38. The van der Waals surface area contributed by atoms with E-state index in [-0.39, 0.29) is 31.4 Å². The fourth-order valence-electron chi connectivity index (χ4n) is 3.74. The molecular formula is C23H21Cl2F2N3O2. The van der Waals surface area contributed by atoms with E-state index in [0.29, 0.717) is 16.4 Å². The zero-order valence-corrected chi connectivity index (χ0v) is 18.7. The van der Waals surface area contributed by atoms with Crippen LogP contribution in [-0.2, 0) is 10.3 Å². The van der Waals surface area contributed by atoms with Gasteiger partial charge in [0.2, 0.25) is 0 Å². The maximum Gasteiger partial charge on any atom is 0.387 e. The number of aliphatic imine (C=N–C) groups is 1. The van der Waals surface area contributed by atoms with Crippen molar-refractivity contribution in [2.45, 2.75) is 19.1 Å². The standard InChI is InChI=1S/C23H20ClF2N3O2.ClH/c1-14-7-18(5-6-20(14)31-22(25)26)23(13-30-12-21(27)29-23)17-4-2-3-15(8-17)16-9-19(24)11-28-10-16;/h2-11,22H,12-13H2,1H3,(H2,27,29);1H. The van der Waals surface area contributed by atoms with E-state index in [9.17, 15) is 8.78 Å². The quantitative estimate of drug-likeness (QED) is 0.534. The fourth-order valence-corrected chi connectivity index (χ4v) is 3.91. The molecule has 1 unspecified atom stereocenters. The number of aryl methyl sites for hydroxylation is 1. The number of nitrogens with zero attached hydrogens (tertiary/aromatic N) is 2. The summed E-state index contributed by atoms with van der Waals surface area (Å²) in [6.45, 7) is -0.710. The molecule has 0 fully saturated rings. The van der Waals surface area contributed by atoms with Gasteiger partial charge in [-0.05, 0) is 53.4 Å². The predicted octanol–water partition coefficient (Wildman–Crippen LogP) is 5.36. The lowest BCUT2D eigenvalue weighted by molar-refractivity contribution is -0.0503. The van der Waals surface area contributed by atoms with E-state index in [1.807, 2.05) is 30.3 Å². The molecule has 1 aliphatic heterocycles. The van der Waals surface area contributed by atoms with Crippen molar-refractivity contribution in [3.05, 3.63) is 82.6 Å². The third kappa shape index (κ3) is 4.85. The number of nitrogens with two attached hydrogens (primary N) is 1. The molecule has 0 amide bonds. The monoisotopic (exact) mass is 479 g/mol. The zero-order chi connectivity index (χ0) is 22.0. The summed E-state index contributed by atoms with van der Waals surface area (Å²) in [5.41, 5.74) is 9.05. The maximum absolute atomic E-state index is 12.7. The van der Waals surface area contributed by atoms with Gasteiger partial charge in [0, 0.05) is 18.0 Å². The first kappa shape index (κ1) is 23.9. The third-order valence-electron chi connectivity index (χ3n) is 5.14. The van der Waals surface area contributed by atoms with Gasteiger partial charge in [0.05, 0.1) is 11.6 Å². The van der Waals surface area contributed by atoms with Gasteiger partial charge in [-0.25, -0.2) is 0 Å². The minimum Gasteiger partial charge on any atom is -0.435 e. The van der Waals surface area contributed by atoms with Gasteiger partial charge in [0.25, 0.3) is 0 Å². The van der Waals surface area contributed by atoms with E-state index in [1.165, 1.54) is 6.07 Å². The van der Waals surface area contributed by atoms with Crippen molar-refractivity contribution in [2.75, 3.05) is 13.2 Å². The average molecular weight is 480 g/mol. The molecule has 9 heteroatoms. The normalized spacial score (nSPS) is 18.1. The van der Waals surface area contributed by atoms with E-state index in [1.54, 1.807) is 31.5 Å². The Labute approximate surface area is 195 Å². The van der Waals surface area contributed by atoms with Crippen molar-refractivity contribution in [2.24, 2.45) is 10.7 Å². The summed E-state index contributed by atoms with van der Waals surface area (Å²) in [4.78, 5) is 8.93. The van der Waals surface area contributed by atoms with Crippen LogP contribution in [0.3, 0.4) is 0 Å². The van der Waals surface area contributed by atoms with Gasteiger partial charge < -0.3 is 15.2 Å². The van der Waals surface area contributed by atoms with Crippen LogP contribution in [0.2, 0.25) is 5.02 Å². The van der Waals surface area contributed by atoms with E-state index >= 15 is 0 Å². The van der Waals surface area contributed by atoms with Crippen LogP contribution in [0.5, 0.6) is 5.75 Å². The second-order valence-electron chi connectivity index (χ2n) is 7.29. The van der Waals surface area contributed by atoms with Crippen LogP contribution < -0.4 is 10.5 Å². The van der Waals surface area contributed by atoms with E-state index in [2.05, 4.69) is 9.72 Å². The molecule has 0 saturated carbocycles. The Kier molecular flexibility index (Phi) is 7.33. The Hall–Kier alpha value is -2.74. The largest absolute Gasteiger partial charge is 0.435 e. The molecule has 168 valence electrons. The molecular weight excluding hydrogens is 459 g/mol. The number of hydrogen-bond donors (Lipinski definition) is 1. The molecule has 0 spiro atoms. The van der Waals surface area contributed by atoms with Crippen molar-refractivity contribution in [1.29, 1.82) is 0 Å². The van der Waals surface area contributed by atoms with Crippen LogP contribution in [0, 0.1) is 6.92 Å². The minimum atomic E-state index is -2.90. The maximum atomic E-state index is 12.7. The molecule has 0 saturated heterocycles. The Balaban J connectivity index is 0.00000289. The first-order chi connectivity index (χ1) is 14.9. The number of pyridine rings is 1. The number of halogens is 4. The van der Waals surface area contributed by atoms with Gasteiger partial charge in [-0.3, -0.25) is 9.98 Å². The highest BCUT2D eigenvalue weighted by atomic mass is 35.5. The molecule has 0 aliphatic carbocycles. The van der Waals surface area contributed by atoms with Crippen molar-refractivity contribution in [3.8, 4) is 16.9 Å². The topological polar surface area (TPSA) is 69.7 Å². The van der Waals surface area contributed by atoms with Crippen molar-refractivity contribution in [1.82, 2.24) is 4.98 Å². The number of ether oxygens (including phenoxy) is 2. The Morgan fingerprint density at radius 2 is 1.88 bits per heavy atom. The second-order valence-corrected chi connectivity index (χ2v) is 7.72. The summed E-state index contributed by atoms with van der Waals surface area (Å²) >= 11 is 6.11. The van der Waals surface area contributed by atoms with Crippen LogP contribution in [-0.4, -0.2) is 30.6 Å². The Morgan fingerprint density at radius 3 is 2.56 bits per heavy atom. The number of aromatic nitrogens is 1. The first-order valence-electron chi connectivity index (χ1n) is 9.57. The number of alkyl halides is 2. The second kappa shape index (κ2) is 9.81. The van der Waals surface area contributed by atoms with E-state index in [0.717, 1.165) is 22.3 Å². The molecule has 3 aromatic rings. The number of hydrogen-bond acceptors (Lipinski definition) is 5. The predicted molar refractivity (Wildman–Crippen MR) is 123 cm³/mol. The van der Waals surface area contributed by atoms with Gasteiger partial charge >= 0.3 is 6.61 Å². The summed E-state index contributed by atoms with van der Waals surface area (Å²) < 4.78 is 35.7. The van der Waals surface area contributed by atoms with E-state index in [4.69, 9.17) is 27.1 Å². The molecule has 32 heavy (non-hydrogen) atoms. The molecule has 2 heterocycles. The summed E-state index contributed by atoms with van der Waals surface area (Å²) in [6.07, 6.45) is 3.30. The smallest absolute Gasteiger partial charge is 0.387 e. The van der Waals surface area contributed by atoms with Crippen molar-refractivity contribution >= 4 is 29.8 Å². The minimum absolute atomic E-state index is 0. The highest BCUT2D eigenvalue weighted by molar-refractivity contribution is 6.30. The van der Waals surface area contributed by atoms with Crippen molar-refractivity contribution < 1.29 is 18.3 Å². The summed E-state index contributed by atoms with van der Waals surface area (Å²) in [7, 11) is 0. The lowest BCUT2D eigenvalue weighted by atomic mass is 9.81. The van der Waals surface area contributed by atoms with Crippen LogP contribution in [0.25, 0.3) is 11.1 Å². The van der Waals surface area contributed by atoms with Gasteiger partial charge in [-0.15, -0.1) is 12.4 Å². The lowest BCUT2D eigenvalue weighted by Gasteiger charge is -2.35. The third-order valence-corrected chi connectivity index (χ3v) is 5.35. The zero-order valence-electron chi connectivity index (χ0n) is 17.1. The van der Waals surface area contributed by atoms with Gasteiger partial charge in [0.15, 0.2) is 0 Å². The summed E-state index contributed by atoms with van der Waals surface area (Å²) in [5.74, 6) is 0.466. The number of amidine groups is 1. The van der Waals surface area contributed by atoms with Crippen molar-refractivity contribution in [3.63, 3.8) is 0 Å². The molecule has 0 bridgehead atoms. The Bertz CT molecular complexity index is 1140. The van der Waals surface area contributed by atoms with Crippen LogP contribution in [0.1, 0.15) is 16.7 Å². The van der Waals surface area contributed by atoms with Crippen LogP contribution in [0.4, 0.5) is 8.78 Å². The molecule has 0 radical (unpaired) electrons. The number of rotatable bonds is 5. The molecule has 1 aromatic heterocycles. The molecule has 2 N–H and O–H groups in total. The van der Waals surface area contributed by atoms with Crippen LogP contribution >= 0.6 is 24.0 Å². The van der Waals surface area contributed by atoms with E-state index < -0.39 is 12.2 Å². The van der Waals surface area contributed by atoms with Gasteiger partial charge in [-0.2, -0.15) is 8.78 Å². The fraction of sp³-hybridized carbons (Fsp3) is 0.217. The van der Waals surface area contributed by atoms with Gasteiger partial charge in [0.1, 0.15) is 23.7 Å². The molecule has 4 rings (SSSR count). The van der Waals surface area contributed by atoms with Crippen LogP contribution in [0.15, 0.2) is 65.9 Å². The number of benzene rings is 2. The summed E-state index contributed by atoms with van der Waals surface area (Å²) in [5, 5.41) is 0.533. The molecule has 1 atom stereocenters. The molecule has 1 aliphatic rings.